The van der Waals surface area contributed by atoms with Gasteiger partial charge in [0.05, 0.1) is 0 Å². The Morgan fingerprint density at radius 3 is 2.67 bits per heavy atom. The van der Waals surface area contributed by atoms with Gasteiger partial charge in [-0.15, -0.1) is 0 Å². The van der Waals surface area contributed by atoms with Gasteiger partial charge in [0.1, 0.15) is 5.82 Å². The van der Waals surface area contributed by atoms with Crippen LogP contribution in [0.3, 0.4) is 0 Å². The quantitative estimate of drug-likeness (QED) is 0.815. The predicted molar refractivity (Wildman–Crippen MR) is 91.9 cm³/mol. The van der Waals surface area contributed by atoms with E-state index in [1.165, 1.54) is 0 Å². The number of likely N-dealkylation sites (tertiary alicyclic amines) is 1. The molecule has 3 amide bonds. The van der Waals surface area contributed by atoms with Crippen molar-refractivity contribution in [2.24, 2.45) is 0 Å². The third-order valence-corrected chi connectivity index (χ3v) is 4.59. The summed E-state index contributed by atoms with van der Waals surface area (Å²) in [7, 11) is 0. The molecule has 2 saturated heterocycles. The second-order valence-electron chi connectivity index (χ2n) is 6.23. The minimum absolute atomic E-state index is 0.0107. The Labute approximate surface area is 142 Å². The summed E-state index contributed by atoms with van der Waals surface area (Å²) in [6, 6.07) is 5.87. The van der Waals surface area contributed by atoms with Gasteiger partial charge >= 0.3 is 6.03 Å². The fourth-order valence-corrected chi connectivity index (χ4v) is 3.20. The van der Waals surface area contributed by atoms with Crippen molar-refractivity contribution in [3.05, 3.63) is 24.4 Å². The minimum atomic E-state index is -0.0107. The highest BCUT2D eigenvalue weighted by atomic mass is 16.2. The molecular weight excluding hydrogens is 306 g/mol. The van der Waals surface area contributed by atoms with Crippen molar-refractivity contribution in [2.45, 2.75) is 19.3 Å². The maximum atomic E-state index is 12.2. The van der Waals surface area contributed by atoms with Crippen molar-refractivity contribution in [1.82, 2.24) is 20.1 Å². The lowest BCUT2D eigenvalue weighted by Crippen LogP contribution is -2.52. The zero-order chi connectivity index (χ0) is 16.8. The number of nitrogens with one attached hydrogen (secondary N) is 1. The van der Waals surface area contributed by atoms with Crippen molar-refractivity contribution < 1.29 is 9.59 Å². The van der Waals surface area contributed by atoms with Crippen LogP contribution in [-0.4, -0.2) is 72.5 Å². The van der Waals surface area contributed by atoms with E-state index >= 15 is 0 Å². The molecule has 7 nitrogen and oxygen atoms in total. The molecule has 0 aliphatic carbocycles. The molecular formula is C17H25N5O2. The standard InChI is InChI=1S/C17H25N5O2/c23-16-6-3-9-21(16)10-4-8-19-17(24)22-13-11-20(12-14-22)15-5-1-2-7-18-15/h1-2,5,7H,3-4,6,8-14H2,(H,19,24). The average molecular weight is 331 g/mol. The summed E-state index contributed by atoms with van der Waals surface area (Å²) in [5.41, 5.74) is 0. The lowest BCUT2D eigenvalue weighted by atomic mass is 10.3. The van der Waals surface area contributed by atoms with Crippen molar-refractivity contribution in [3.63, 3.8) is 0 Å². The normalized spacial score (nSPS) is 18.2. The van der Waals surface area contributed by atoms with Crippen LogP contribution >= 0.6 is 0 Å². The van der Waals surface area contributed by atoms with E-state index in [1.807, 2.05) is 28.0 Å². The largest absolute Gasteiger partial charge is 0.353 e. The molecule has 130 valence electrons. The van der Waals surface area contributed by atoms with Gasteiger partial charge in [0, 0.05) is 58.4 Å². The van der Waals surface area contributed by atoms with Crippen molar-refractivity contribution in [3.8, 4) is 0 Å². The molecule has 0 unspecified atom stereocenters. The van der Waals surface area contributed by atoms with Gasteiger partial charge in [-0.25, -0.2) is 9.78 Å². The monoisotopic (exact) mass is 331 g/mol. The topological polar surface area (TPSA) is 68.8 Å². The molecule has 0 saturated carbocycles. The van der Waals surface area contributed by atoms with Crippen LogP contribution < -0.4 is 10.2 Å². The Balaban J connectivity index is 1.34. The first-order valence-corrected chi connectivity index (χ1v) is 8.70. The molecule has 3 rings (SSSR count). The molecule has 7 heteroatoms. The van der Waals surface area contributed by atoms with Crippen LogP contribution in [0.4, 0.5) is 10.6 Å². The zero-order valence-electron chi connectivity index (χ0n) is 14.0. The fraction of sp³-hybridized carbons (Fsp3) is 0.588. The molecule has 0 bridgehead atoms. The SMILES string of the molecule is O=C1CCCN1CCCNC(=O)N1CCN(c2ccccn2)CC1. The highest BCUT2D eigenvalue weighted by molar-refractivity contribution is 5.78. The summed E-state index contributed by atoms with van der Waals surface area (Å²) in [6.45, 7) is 5.22. The van der Waals surface area contributed by atoms with Crippen LogP contribution in [0.15, 0.2) is 24.4 Å². The molecule has 2 aliphatic heterocycles. The molecule has 2 aliphatic rings. The summed E-state index contributed by atoms with van der Waals surface area (Å²) in [4.78, 5) is 34.0. The first-order valence-electron chi connectivity index (χ1n) is 8.70. The summed E-state index contributed by atoms with van der Waals surface area (Å²) >= 11 is 0. The van der Waals surface area contributed by atoms with Crippen LogP contribution in [0.2, 0.25) is 0 Å². The predicted octanol–water partition coefficient (Wildman–Crippen LogP) is 0.926. The number of amides is 3. The summed E-state index contributed by atoms with van der Waals surface area (Å²) in [6.07, 6.45) is 4.24. The van der Waals surface area contributed by atoms with Crippen molar-refractivity contribution in [1.29, 1.82) is 0 Å². The van der Waals surface area contributed by atoms with Gasteiger partial charge in [-0.2, -0.15) is 0 Å². The summed E-state index contributed by atoms with van der Waals surface area (Å²) in [5, 5.41) is 2.96. The smallest absolute Gasteiger partial charge is 0.317 e. The first kappa shape index (κ1) is 16.5. The van der Waals surface area contributed by atoms with Gasteiger partial charge in [-0.1, -0.05) is 6.07 Å². The Morgan fingerprint density at radius 2 is 2.00 bits per heavy atom. The molecule has 0 spiro atoms. The average Bonchev–Trinajstić information content (AvgIpc) is 3.04. The number of hydrogen-bond acceptors (Lipinski definition) is 4. The molecule has 0 atom stereocenters. The molecule has 2 fully saturated rings. The van der Waals surface area contributed by atoms with Gasteiger partial charge in [0.2, 0.25) is 5.91 Å². The second kappa shape index (κ2) is 7.99. The zero-order valence-corrected chi connectivity index (χ0v) is 14.0. The Hall–Kier alpha value is -2.31. The molecule has 1 aromatic heterocycles. The number of aromatic nitrogens is 1. The van der Waals surface area contributed by atoms with Crippen molar-refractivity contribution in [2.75, 3.05) is 50.7 Å². The first-order chi connectivity index (χ1) is 11.7. The fourth-order valence-electron chi connectivity index (χ4n) is 3.20. The Bertz CT molecular complexity index is 557. The van der Waals surface area contributed by atoms with Gasteiger partial charge in [-0.05, 0) is 25.0 Å². The Morgan fingerprint density at radius 1 is 1.17 bits per heavy atom. The van der Waals surface area contributed by atoms with Crippen LogP contribution in [0.25, 0.3) is 0 Å². The molecule has 0 radical (unpaired) electrons. The van der Waals surface area contributed by atoms with Crippen LogP contribution in [0, 0.1) is 0 Å². The van der Waals surface area contributed by atoms with Gasteiger partial charge in [0.15, 0.2) is 0 Å². The number of rotatable bonds is 5. The number of hydrogen-bond donors (Lipinski definition) is 1. The lowest BCUT2D eigenvalue weighted by Gasteiger charge is -2.35. The molecule has 0 aromatic carbocycles. The molecule has 24 heavy (non-hydrogen) atoms. The highest BCUT2D eigenvalue weighted by Crippen LogP contribution is 2.12. The van der Waals surface area contributed by atoms with E-state index < -0.39 is 0 Å². The highest BCUT2D eigenvalue weighted by Gasteiger charge is 2.22. The maximum absolute atomic E-state index is 12.2. The van der Waals surface area contributed by atoms with E-state index in [9.17, 15) is 9.59 Å². The number of anilines is 1. The number of urea groups is 1. The van der Waals surface area contributed by atoms with Crippen LogP contribution in [0.5, 0.6) is 0 Å². The lowest BCUT2D eigenvalue weighted by molar-refractivity contribution is -0.127. The number of carbonyl (C=O) groups is 2. The minimum Gasteiger partial charge on any atom is -0.353 e. The number of pyridine rings is 1. The van der Waals surface area contributed by atoms with Crippen LogP contribution in [-0.2, 0) is 4.79 Å². The van der Waals surface area contributed by atoms with E-state index in [4.69, 9.17) is 0 Å². The molecule has 1 aromatic rings. The van der Waals surface area contributed by atoms with Crippen molar-refractivity contribution >= 4 is 17.8 Å². The van der Waals surface area contributed by atoms with Crippen LogP contribution in [0.1, 0.15) is 19.3 Å². The second-order valence-corrected chi connectivity index (χ2v) is 6.23. The van der Waals surface area contributed by atoms with Gasteiger partial charge in [0.25, 0.3) is 0 Å². The van der Waals surface area contributed by atoms with E-state index in [0.717, 1.165) is 44.8 Å². The van der Waals surface area contributed by atoms with E-state index in [0.29, 0.717) is 26.1 Å². The van der Waals surface area contributed by atoms with E-state index in [1.54, 1.807) is 6.20 Å². The Kier molecular flexibility index (Phi) is 5.51. The number of nitrogens with zero attached hydrogens (tertiary/aromatic N) is 4. The maximum Gasteiger partial charge on any atom is 0.317 e. The van der Waals surface area contributed by atoms with E-state index in [-0.39, 0.29) is 11.9 Å². The van der Waals surface area contributed by atoms with Gasteiger partial charge < -0.3 is 20.0 Å². The summed E-state index contributed by atoms with van der Waals surface area (Å²) in [5.74, 6) is 1.21. The molecule has 1 N–H and O–H groups in total. The molecule has 3 heterocycles. The van der Waals surface area contributed by atoms with Gasteiger partial charge in [-0.3, -0.25) is 4.79 Å². The van der Waals surface area contributed by atoms with E-state index in [2.05, 4.69) is 15.2 Å². The third kappa shape index (κ3) is 4.15. The summed E-state index contributed by atoms with van der Waals surface area (Å²) < 4.78 is 0. The number of carbonyl (C=O) groups excluding carboxylic acids is 2. The third-order valence-electron chi connectivity index (χ3n) is 4.59. The number of piperazine rings is 1.